The van der Waals surface area contributed by atoms with Crippen LogP contribution in [0.15, 0.2) is 60.8 Å². The number of aromatic nitrogens is 3. The normalized spacial score (nSPS) is 17.1. The lowest BCUT2D eigenvalue weighted by Gasteiger charge is -2.34. The van der Waals surface area contributed by atoms with Crippen LogP contribution < -0.4 is 20.9 Å². The predicted molar refractivity (Wildman–Crippen MR) is 187 cm³/mol. The third-order valence-electron chi connectivity index (χ3n) is 9.65. The van der Waals surface area contributed by atoms with Gasteiger partial charge in [0.25, 0.3) is 11.8 Å². The quantitative estimate of drug-likeness (QED) is 0.260. The van der Waals surface area contributed by atoms with Gasteiger partial charge in [-0.1, -0.05) is 19.1 Å². The highest BCUT2D eigenvalue weighted by atomic mass is 19.1. The number of anilines is 2. The molecule has 2 aromatic carbocycles. The van der Waals surface area contributed by atoms with E-state index in [1.807, 2.05) is 59.8 Å². The first-order valence-electron chi connectivity index (χ1n) is 17.2. The highest BCUT2D eigenvalue weighted by molar-refractivity contribution is 5.95. The second kappa shape index (κ2) is 13.9. The molecule has 50 heavy (non-hydrogen) atoms. The van der Waals surface area contributed by atoms with Gasteiger partial charge in [0.15, 0.2) is 5.69 Å². The van der Waals surface area contributed by atoms with Crippen LogP contribution in [0.4, 0.5) is 20.6 Å². The zero-order valence-corrected chi connectivity index (χ0v) is 28.6. The summed E-state index contributed by atoms with van der Waals surface area (Å²) >= 11 is 0. The van der Waals surface area contributed by atoms with Gasteiger partial charge in [-0.3, -0.25) is 19.3 Å². The summed E-state index contributed by atoms with van der Waals surface area (Å²) in [5.74, 6) is -0.852. The zero-order valence-electron chi connectivity index (χ0n) is 28.6. The Morgan fingerprint density at radius 1 is 1.00 bits per heavy atom. The molecule has 2 aromatic heterocycles. The van der Waals surface area contributed by atoms with Gasteiger partial charge in [0, 0.05) is 93.0 Å². The smallest absolute Gasteiger partial charge is 0.322 e. The Morgan fingerprint density at radius 2 is 1.78 bits per heavy atom. The van der Waals surface area contributed by atoms with Crippen LogP contribution in [0.25, 0.3) is 0 Å². The number of hydrogen-bond acceptors (Lipinski definition) is 7. The number of halogens is 1. The molecule has 13 heteroatoms. The van der Waals surface area contributed by atoms with Gasteiger partial charge in [-0.2, -0.15) is 5.10 Å². The van der Waals surface area contributed by atoms with Crippen molar-refractivity contribution in [3.63, 3.8) is 0 Å². The van der Waals surface area contributed by atoms with Gasteiger partial charge in [0.2, 0.25) is 0 Å². The molecule has 260 valence electrons. The summed E-state index contributed by atoms with van der Waals surface area (Å²) < 4.78 is 16.9. The lowest BCUT2D eigenvalue weighted by molar-refractivity contribution is 0.0750. The van der Waals surface area contributed by atoms with Gasteiger partial charge in [-0.15, -0.1) is 0 Å². The summed E-state index contributed by atoms with van der Waals surface area (Å²) in [7, 11) is 0. The molecule has 0 spiro atoms. The summed E-state index contributed by atoms with van der Waals surface area (Å²) in [6.45, 7) is 11.1. The van der Waals surface area contributed by atoms with Crippen molar-refractivity contribution in [3.8, 4) is 0 Å². The molecule has 3 aliphatic rings. The second-order valence-electron chi connectivity index (χ2n) is 13.5. The molecule has 0 saturated carbocycles. The second-order valence-corrected chi connectivity index (χ2v) is 13.5. The Hall–Kier alpha value is -5.30. The molecule has 5 heterocycles. The Kier molecular flexibility index (Phi) is 9.23. The standard InChI is InChI=1S/C37H42FN9O3/c1-23(2)47-34-24(3)19-45(28-9-7-26(8-10-28)36(49)46-20-27-5-4-12-40-32(27)22-46)21-29(34)33(43-47)35(48)41-18-25-6-11-31(30(38)17-25)42-37(50)44-15-13-39-14-16-44/h4-12,17,23-24,39H,13-16,18-22H2,1-3H3,(H,41,48)(H,42,50)/t24-/m0/s1. The molecule has 0 bridgehead atoms. The number of benzene rings is 2. The number of hydrogen-bond donors (Lipinski definition) is 3. The highest BCUT2D eigenvalue weighted by Gasteiger charge is 2.33. The van der Waals surface area contributed by atoms with Gasteiger partial charge in [-0.05, 0) is 67.4 Å². The van der Waals surface area contributed by atoms with Crippen LogP contribution in [-0.2, 0) is 26.2 Å². The molecule has 3 aliphatic heterocycles. The van der Waals surface area contributed by atoms with Crippen LogP contribution >= 0.6 is 0 Å². The van der Waals surface area contributed by atoms with E-state index in [4.69, 9.17) is 5.10 Å². The number of rotatable bonds is 7. The predicted octanol–water partition coefficient (Wildman–Crippen LogP) is 4.64. The highest BCUT2D eigenvalue weighted by Crippen LogP contribution is 2.35. The third-order valence-corrected chi connectivity index (χ3v) is 9.65. The molecule has 1 saturated heterocycles. The maximum atomic E-state index is 15.0. The topological polar surface area (TPSA) is 128 Å². The van der Waals surface area contributed by atoms with E-state index in [1.165, 1.54) is 12.1 Å². The molecule has 1 fully saturated rings. The summed E-state index contributed by atoms with van der Waals surface area (Å²) in [6.07, 6.45) is 1.75. The van der Waals surface area contributed by atoms with Gasteiger partial charge in [-0.25, -0.2) is 9.18 Å². The SMILES string of the molecule is CC(C)n1nc(C(=O)NCc2ccc(NC(=O)N3CCNCC3)c(F)c2)c2c1[C@@H](C)CN(c1ccc(C(=O)N3Cc4cccnc4C3)cc1)C2. The van der Waals surface area contributed by atoms with Crippen molar-refractivity contribution in [1.82, 2.24) is 35.2 Å². The van der Waals surface area contributed by atoms with Crippen LogP contribution in [0.3, 0.4) is 0 Å². The fourth-order valence-electron chi connectivity index (χ4n) is 7.05. The number of amides is 4. The third kappa shape index (κ3) is 6.65. The van der Waals surface area contributed by atoms with Crippen molar-refractivity contribution in [2.24, 2.45) is 0 Å². The summed E-state index contributed by atoms with van der Waals surface area (Å²) in [5, 5.41) is 13.5. The van der Waals surface area contributed by atoms with E-state index in [0.29, 0.717) is 62.6 Å². The number of fused-ring (bicyclic) bond motifs is 2. The fraction of sp³-hybridized carbons (Fsp3) is 0.378. The van der Waals surface area contributed by atoms with Gasteiger partial charge in [0.1, 0.15) is 5.82 Å². The lowest BCUT2D eigenvalue weighted by atomic mass is 9.95. The molecular weight excluding hydrogens is 637 g/mol. The summed E-state index contributed by atoms with van der Waals surface area (Å²) in [5.41, 5.74) is 6.48. The first kappa shape index (κ1) is 33.2. The van der Waals surface area contributed by atoms with Crippen molar-refractivity contribution in [3.05, 3.63) is 106 Å². The van der Waals surface area contributed by atoms with E-state index < -0.39 is 5.82 Å². The van der Waals surface area contributed by atoms with Crippen LogP contribution in [0.1, 0.15) is 81.7 Å². The van der Waals surface area contributed by atoms with Crippen molar-refractivity contribution in [1.29, 1.82) is 0 Å². The van der Waals surface area contributed by atoms with E-state index >= 15 is 0 Å². The van der Waals surface area contributed by atoms with Gasteiger partial charge >= 0.3 is 6.03 Å². The number of carbonyl (C=O) groups is 3. The minimum atomic E-state index is -0.568. The average molecular weight is 680 g/mol. The maximum absolute atomic E-state index is 15.0. The summed E-state index contributed by atoms with van der Waals surface area (Å²) in [4.78, 5) is 49.6. The van der Waals surface area contributed by atoms with Crippen LogP contribution in [0, 0.1) is 5.82 Å². The number of piperazine rings is 1. The lowest BCUT2D eigenvalue weighted by Crippen LogP contribution is -2.48. The first-order valence-corrected chi connectivity index (χ1v) is 17.2. The Morgan fingerprint density at radius 3 is 2.50 bits per heavy atom. The first-order chi connectivity index (χ1) is 24.2. The zero-order chi connectivity index (χ0) is 34.9. The fourth-order valence-corrected chi connectivity index (χ4v) is 7.05. The van der Waals surface area contributed by atoms with E-state index in [2.05, 4.69) is 32.8 Å². The van der Waals surface area contributed by atoms with E-state index in [9.17, 15) is 18.8 Å². The molecular formula is C37H42FN9O3. The van der Waals surface area contributed by atoms with Crippen molar-refractivity contribution in [2.45, 2.75) is 58.9 Å². The van der Waals surface area contributed by atoms with Gasteiger partial charge in [0.05, 0.1) is 17.9 Å². The van der Waals surface area contributed by atoms with Crippen LogP contribution in [0.2, 0.25) is 0 Å². The van der Waals surface area contributed by atoms with Gasteiger partial charge < -0.3 is 30.7 Å². The summed E-state index contributed by atoms with van der Waals surface area (Å²) in [6, 6.07) is 15.8. The van der Waals surface area contributed by atoms with E-state index in [-0.39, 0.29) is 42.0 Å². The molecule has 0 radical (unpaired) electrons. The number of carbonyl (C=O) groups excluding carboxylic acids is 3. The molecule has 4 amide bonds. The molecule has 0 unspecified atom stereocenters. The minimum absolute atomic E-state index is 0.0319. The van der Waals surface area contributed by atoms with Crippen molar-refractivity contribution in [2.75, 3.05) is 42.9 Å². The molecule has 3 N–H and O–H groups in total. The molecule has 0 aliphatic carbocycles. The number of pyridine rings is 1. The Balaban J connectivity index is 1.03. The van der Waals surface area contributed by atoms with Crippen LogP contribution in [0.5, 0.6) is 0 Å². The Bertz CT molecular complexity index is 1890. The Labute approximate surface area is 290 Å². The molecule has 4 aromatic rings. The monoisotopic (exact) mass is 679 g/mol. The number of urea groups is 1. The van der Waals surface area contributed by atoms with Crippen molar-refractivity contribution < 1.29 is 18.8 Å². The van der Waals surface area contributed by atoms with Crippen LogP contribution in [-0.4, -0.2) is 75.1 Å². The number of nitrogens with one attached hydrogen (secondary N) is 3. The molecule has 7 rings (SSSR count). The average Bonchev–Trinajstić information content (AvgIpc) is 3.75. The van der Waals surface area contributed by atoms with E-state index in [1.54, 1.807) is 17.2 Å². The minimum Gasteiger partial charge on any atom is -0.366 e. The van der Waals surface area contributed by atoms with E-state index in [0.717, 1.165) is 34.7 Å². The molecule has 12 nitrogen and oxygen atoms in total. The van der Waals surface area contributed by atoms with Crippen molar-refractivity contribution >= 4 is 29.2 Å². The number of nitrogens with zero attached hydrogens (tertiary/aromatic N) is 6. The maximum Gasteiger partial charge on any atom is 0.322 e. The largest absolute Gasteiger partial charge is 0.366 e. The molecule has 1 atom stereocenters.